The van der Waals surface area contributed by atoms with Crippen LogP contribution in [-0.2, 0) is 4.31 Å². The van der Waals surface area contributed by atoms with Gasteiger partial charge in [-0.25, -0.2) is 0 Å². The van der Waals surface area contributed by atoms with E-state index in [4.69, 9.17) is 0 Å². The third-order valence-corrected chi connectivity index (χ3v) is 5.49. The second-order valence-electron chi connectivity index (χ2n) is 4.79. The van der Waals surface area contributed by atoms with Crippen molar-refractivity contribution in [2.75, 3.05) is 0 Å². The van der Waals surface area contributed by atoms with Crippen LogP contribution < -0.4 is 4.46 Å². The first kappa shape index (κ1) is 16.0. The predicted octanol–water partition coefficient (Wildman–Crippen LogP) is 4.29. The molecule has 19 heavy (non-hydrogen) atoms. The molecule has 0 unspecified atom stereocenters. The molecule has 0 bridgehead atoms. The van der Waals surface area contributed by atoms with Gasteiger partial charge in [0.2, 0.25) is 0 Å². The number of aryl methyl sites for hydroxylation is 1. The van der Waals surface area contributed by atoms with E-state index >= 15 is 0 Å². The molecule has 102 valence electrons. The molecule has 0 amide bonds. The van der Waals surface area contributed by atoms with Gasteiger partial charge in [-0.1, -0.05) is 13.8 Å². The average Bonchev–Trinajstić information content (AvgIpc) is 2.44. The van der Waals surface area contributed by atoms with Gasteiger partial charge in [-0.05, 0) is 0 Å². The second kappa shape index (κ2) is 7.52. The van der Waals surface area contributed by atoms with Gasteiger partial charge in [-0.3, -0.25) is 0 Å². The zero-order valence-corrected chi connectivity index (χ0v) is 14.3. The van der Waals surface area contributed by atoms with Gasteiger partial charge in [0.15, 0.2) is 0 Å². The Kier molecular flexibility index (Phi) is 6.34. The molecule has 0 aliphatic rings. The van der Waals surface area contributed by atoms with E-state index in [-0.39, 0.29) is 4.31 Å². The van der Waals surface area contributed by atoms with E-state index in [0.717, 1.165) is 0 Å². The first-order chi connectivity index (χ1) is 9.08. The van der Waals surface area contributed by atoms with Crippen LogP contribution in [0.1, 0.15) is 38.8 Å². The summed E-state index contributed by atoms with van der Waals surface area (Å²) in [7, 11) is 0. The summed E-state index contributed by atoms with van der Waals surface area (Å²) in [6, 6.07) is 19.7. The third kappa shape index (κ3) is 4.85. The van der Waals surface area contributed by atoms with E-state index in [1.807, 2.05) is 13.8 Å². The van der Waals surface area contributed by atoms with Crippen molar-refractivity contribution in [3.8, 4) is 0 Å². The van der Waals surface area contributed by atoms with Gasteiger partial charge in [-0.2, -0.15) is 0 Å². The molecule has 2 aromatic carbocycles. The van der Waals surface area contributed by atoms with Crippen molar-refractivity contribution in [2.45, 2.75) is 38.9 Å². The minimum atomic E-state index is 0.253. The molecule has 0 nitrogen and oxygen atoms in total. The van der Waals surface area contributed by atoms with Crippen molar-refractivity contribution < 1.29 is 0 Å². The Labute approximate surface area is 124 Å². The van der Waals surface area contributed by atoms with Crippen LogP contribution in [0.3, 0.4) is 0 Å². The fourth-order valence-electron chi connectivity index (χ4n) is 1.80. The third-order valence-electron chi connectivity index (χ3n) is 2.86. The summed E-state index contributed by atoms with van der Waals surface area (Å²) in [6.07, 6.45) is 0. The SMILES string of the molecule is CC.Cc1ccc([Se]C(C)(C)c2ccccc2)cc1. The van der Waals surface area contributed by atoms with Crippen LogP contribution in [0.4, 0.5) is 0 Å². The molecule has 0 fully saturated rings. The predicted molar refractivity (Wildman–Crippen MR) is 87.4 cm³/mol. The average molecular weight is 319 g/mol. The molecular formula is C18H24Se. The number of rotatable bonds is 3. The molecule has 0 N–H and O–H groups in total. The first-order valence-electron chi connectivity index (χ1n) is 6.89. The molecule has 0 saturated carbocycles. The molecule has 0 saturated heterocycles. The summed E-state index contributed by atoms with van der Waals surface area (Å²) >= 11 is 0.460. The van der Waals surface area contributed by atoms with Crippen LogP contribution in [-0.4, -0.2) is 15.0 Å². The number of benzene rings is 2. The van der Waals surface area contributed by atoms with Gasteiger partial charge < -0.3 is 0 Å². The Balaban J connectivity index is 0.000000861. The van der Waals surface area contributed by atoms with E-state index in [1.165, 1.54) is 15.6 Å². The van der Waals surface area contributed by atoms with Crippen molar-refractivity contribution in [1.29, 1.82) is 0 Å². The summed E-state index contributed by atoms with van der Waals surface area (Å²) in [5, 5.41) is 0. The Hall–Kier alpha value is -1.04. The normalized spacial score (nSPS) is 10.6. The molecule has 0 atom stereocenters. The molecule has 1 heteroatoms. The van der Waals surface area contributed by atoms with Crippen LogP contribution >= 0.6 is 0 Å². The summed E-state index contributed by atoms with van der Waals surface area (Å²) in [5.74, 6) is 0. The van der Waals surface area contributed by atoms with E-state index in [9.17, 15) is 0 Å². The summed E-state index contributed by atoms with van der Waals surface area (Å²) in [6.45, 7) is 10.8. The van der Waals surface area contributed by atoms with E-state index in [2.05, 4.69) is 75.4 Å². The molecule has 2 aromatic rings. The Morgan fingerprint density at radius 3 is 1.84 bits per heavy atom. The fourth-order valence-corrected chi connectivity index (χ4v) is 4.14. The van der Waals surface area contributed by atoms with Crippen molar-refractivity contribution in [3.63, 3.8) is 0 Å². The minimum absolute atomic E-state index is 0.253. The van der Waals surface area contributed by atoms with E-state index in [0.29, 0.717) is 15.0 Å². The molecule has 0 aliphatic heterocycles. The number of hydrogen-bond donors (Lipinski definition) is 0. The van der Waals surface area contributed by atoms with Crippen LogP contribution in [0.2, 0.25) is 0 Å². The van der Waals surface area contributed by atoms with Crippen LogP contribution in [0.15, 0.2) is 54.6 Å². The van der Waals surface area contributed by atoms with Gasteiger partial charge in [0.05, 0.1) is 0 Å². The molecule has 0 aliphatic carbocycles. The molecule has 2 rings (SSSR count). The van der Waals surface area contributed by atoms with E-state index in [1.54, 1.807) is 0 Å². The van der Waals surface area contributed by atoms with Crippen molar-refractivity contribution in [1.82, 2.24) is 0 Å². The summed E-state index contributed by atoms with van der Waals surface area (Å²) in [5.41, 5.74) is 2.77. The maximum absolute atomic E-state index is 2.34. The van der Waals surface area contributed by atoms with Gasteiger partial charge in [0.25, 0.3) is 0 Å². The molecule has 0 aromatic heterocycles. The zero-order valence-electron chi connectivity index (χ0n) is 12.6. The Morgan fingerprint density at radius 1 is 0.789 bits per heavy atom. The van der Waals surface area contributed by atoms with Crippen LogP contribution in [0.25, 0.3) is 0 Å². The zero-order chi connectivity index (χ0) is 14.3. The van der Waals surface area contributed by atoms with Crippen LogP contribution in [0.5, 0.6) is 0 Å². The number of hydrogen-bond acceptors (Lipinski definition) is 0. The molecule has 0 radical (unpaired) electrons. The topological polar surface area (TPSA) is 0 Å². The van der Waals surface area contributed by atoms with Crippen molar-refractivity contribution in [3.05, 3.63) is 65.7 Å². The molecule has 0 heterocycles. The monoisotopic (exact) mass is 320 g/mol. The quantitative estimate of drug-likeness (QED) is 0.741. The van der Waals surface area contributed by atoms with Crippen molar-refractivity contribution in [2.24, 2.45) is 0 Å². The maximum atomic E-state index is 2.34. The summed E-state index contributed by atoms with van der Waals surface area (Å²) < 4.78 is 1.72. The Bertz CT molecular complexity index is 469. The van der Waals surface area contributed by atoms with Gasteiger partial charge in [-0.15, -0.1) is 0 Å². The van der Waals surface area contributed by atoms with E-state index < -0.39 is 0 Å². The van der Waals surface area contributed by atoms with Gasteiger partial charge in [0, 0.05) is 0 Å². The van der Waals surface area contributed by atoms with Gasteiger partial charge in [0.1, 0.15) is 0 Å². The summed E-state index contributed by atoms with van der Waals surface area (Å²) in [4.78, 5) is 0. The molecule has 0 spiro atoms. The van der Waals surface area contributed by atoms with Crippen LogP contribution in [0, 0.1) is 6.92 Å². The van der Waals surface area contributed by atoms with Crippen molar-refractivity contribution >= 4 is 19.4 Å². The standard InChI is InChI=1S/C16H18Se.C2H6/c1-13-9-11-15(12-10-13)17-16(2,3)14-7-5-4-6-8-14;1-2/h4-12H,1-3H3;1-2H3. The second-order valence-corrected chi connectivity index (χ2v) is 8.35. The fraction of sp³-hybridized carbons (Fsp3) is 0.333. The Morgan fingerprint density at radius 2 is 1.32 bits per heavy atom. The first-order valence-corrected chi connectivity index (χ1v) is 8.60. The van der Waals surface area contributed by atoms with Gasteiger partial charge >= 0.3 is 110 Å². The molecular weight excluding hydrogens is 295 g/mol.